The number of nitrogens with zero attached hydrogens (tertiary/aromatic N) is 2. The number of aromatic nitrogens is 2. The van der Waals surface area contributed by atoms with Gasteiger partial charge in [0.1, 0.15) is 0 Å². The smallest absolute Gasteiger partial charge is 0.307 e. The maximum atomic E-state index is 13.0. The van der Waals surface area contributed by atoms with Gasteiger partial charge in [0.15, 0.2) is 0 Å². The third-order valence-electron chi connectivity index (χ3n) is 3.07. The van der Waals surface area contributed by atoms with E-state index in [4.69, 9.17) is 5.11 Å². The number of alkyl halides is 2. The fourth-order valence-corrected chi connectivity index (χ4v) is 2.13. The average Bonchev–Trinajstić information content (AvgIpc) is 2.65. The van der Waals surface area contributed by atoms with Crippen molar-refractivity contribution in [2.24, 2.45) is 0 Å². The molecule has 0 radical (unpaired) electrons. The minimum absolute atomic E-state index is 0.0304. The summed E-state index contributed by atoms with van der Waals surface area (Å²) in [7, 11) is 0. The predicted octanol–water partition coefficient (Wildman–Crippen LogP) is 2.26. The van der Waals surface area contributed by atoms with Crippen LogP contribution in [0.4, 0.5) is 8.78 Å². The van der Waals surface area contributed by atoms with Crippen molar-refractivity contribution < 1.29 is 18.7 Å². The number of halogens is 2. The molecule has 6 heteroatoms. The number of hydrogen-bond acceptors (Lipinski definition) is 2. The number of carboxylic acid groups (broad SMARTS) is 1. The largest absolute Gasteiger partial charge is 0.481 e. The standard InChI is InChI=1S/C11H14F2N2O2/c12-11(13)3-1-9(2-4-11)15-7-8(6-14-15)5-10(16)17/h6-7,9H,1-5H2,(H,16,17). The van der Waals surface area contributed by atoms with Crippen LogP contribution in [-0.2, 0) is 11.2 Å². The van der Waals surface area contributed by atoms with Crippen LogP contribution < -0.4 is 0 Å². The van der Waals surface area contributed by atoms with E-state index in [1.54, 1.807) is 10.9 Å². The van der Waals surface area contributed by atoms with Crippen molar-refractivity contribution >= 4 is 5.97 Å². The second-order valence-corrected chi connectivity index (χ2v) is 4.49. The van der Waals surface area contributed by atoms with Crippen LogP contribution in [0.25, 0.3) is 0 Å². The molecule has 1 aromatic rings. The van der Waals surface area contributed by atoms with Crippen molar-refractivity contribution in [3.8, 4) is 0 Å². The summed E-state index contributed by atoms with van der Waals surface area (Å²) < 4.78 is 27.5. The molecule has 1 heterocycles. The van der Waals surface area contributed by atoms with E-state index in [0.29, 0.717) is 18.4 Å². The molecule has 0 bridgehead atoms. The van der Waals surface area contributed by atoms with Crippen molar-refractivity contribution in [1.82, 2.24) is 9.78 Å². The molecule has 0 spiro atoms. The number of aliphatic carboxylic acids is 1. The molecule has 1 fully saturated rings. The quantitative estimate of drug-likeness (QED) is 0.887. The Kier molecular flexibility index (Phi) is 3.13. The highest BCUT2D eigenvalue weighted by molar-refractivity contribution is 5.69. The Bertz CT molecular complexity index is 407. The molecule has 0 atom stereocenters. The predicted molar refractivity (Wildman–Crippen MR) is 56.0 cm³/mol. The van der Waals surface area contributed by atoms with Crippen LogP contribution in [0.3, 0.4) is 0 Å². The highest BCUT2D eigenvalue weighted by Gasteiger charge is 2.35. The summed E-state index contributed by atoms with van der Waals surface area (Å²) in [4.78, 5) is 10.5. The summed E-state index contributed by atoms with van der Waals surface area (Å²) in [5.41, 5.74) is 0.606. The molecule has 0 aromatic carbocycles. The first-order valence-electron chi connectivity index (χ1n) is 5.59. The van der Waals surface area contributed by atoms with E-state index in [2.05, 4.69) is 5.10 Å². The van der Waals surface area contributed by atoms with E-state index in [0.717, 1.165) is 0 Å². The summed E-state index contributed by atoms with van der Waals surface area (Å²) >= 11 is 0. The monoisotopic (exact) mass is 244 g/mol. The fourth-order valence-electron chi connectivity index (χ4n) is 2.13. The minimum atomic E-state index is -2.55. The van der Waals surface area contributed by atoms with Crippen LogP contribution in [0.5, 0.6) is 0 Å². The molecule has 17 heavy (non-hydrogen) atoms. The summed E-state index contributed by atoms with van der Waals surface area (Å²) in [6.45, 7) is 0. The summed E-state index contributed by atoms with van der Waals surface area (Å²) in [6.07, 6.45) is 3.59. The van der Waals surface area contributed by atoms with Gasteiger partial charge in [-0.1, -0.05) is 0 Å². The first-order valence-corrected chi connectivity index (χ1v) is 5.59. The molecule has 0 unspecified atom stereocenters. The van der Waals surface area contributed by atoms with Crippen molar-refractivity contribution in [2.45, 2.75) is 44.1 Å². The average molecular weight is 244 g/mol. The van der Waals surface area contributed by atoms with E-state index in [1.165, 1.54) is 6.20 Å². The fraction of sp³-hybridized carbons (Fsp3) is 0.636. The molecule has 0 aliphatic heterocycles. The zero-order valence-corrected chi connectivity index (χ0v) is 9.27. The van der Waals surface area contributed by atoms with Crippen molar-refractivity contribution in [2.75, 3.05) is 0 Å². The molecule has 1 aliphatic rings. The molecule has 1 saturated carbocycles. The van der Waals surface area contributed by atoms with Crippen molar-refractivity contribution in [1.29, 1.82) is 0 Å². The Morgan fingerprint density at radius 3 is 2.76 bits per heavy atom. The van der Waals surface area contributed by atoms with Gasteiger partial charge in [-0.15, -0.1) is 0 Å². The van der Waals surface area contributed by atoms with Gasteiger partial charge in [-0.3, -0.25) is 9.48 Å². The van der Waals surface area contributed by atoms with Gasteiger partial charge < -0.3 is 5.11 Å². The van der Waals surface area contributed by atoms with Crippen LogP contribution in [0, 0.1) is 0 Å². The van der Waals surface area contributed by atoms with Gasteiger partial charge in [-0.25, -0.2) is 8.78 Å². The van der Waals surface area contributed by atoms with Gasteiger partial charge >= 0.3 is 5.97 Å². The Morgan fingerprint density at radius 1 is 1.53 bits per heavy atom. The zero-order chi connectivity index (χ0) is 12.5. The first kappa shape index (κ1) is 12.0. The zero-order valence-electron chi connectivity index (χ0n) is 9.27. The van der Waals surface area contributed by atoms with Gasteiger partial charge in [0.2, 0.25) is 5.92 Å². The molecule has 1 N–H and O–H groups in total. The molecule has 1 aliphatic carbocycles. The molecular weight excluding hydrogens is 230 g/mol. The minimum Gasteiger partial charge on any atom is -0.481 e. The number of rotatable bonds is 3. The lowest BCUT2D eigenvalue weighted by atomic mass is 9.92. The Hall–Kier alpha value is -1.46. The Balaban J connectivity index is 1.99. The third-order valence-corrected chi connectivity index (χ3v) is 3.07. The van der Waals surface area contributed by atoms with E-state index >= 15 is 0 Å². The highest BCUT2D eigenvalue weighted by Crippen LogP contribution is 2.38. The SMILES string of the molecule is O=C(O)Cc1cnn(C2CCC(F)(F)CC2)c1. The summed E-state index contributed by atoms with van der Waals surface area (Å²) in [6, 6.07) is -0.0304. The maximum Gasteiger partial charge on any atom is 0.307 e. The summed E-state index contributed by atoms with van der Waals surface area (Å²) in [5.74, 6) is -3.46. The van der Waals surface area contributed by atoms with Crippen LogP contribution in [-0.4, -0.2) is 26.8 Å². The third kappa shape index (κ3) is 3.01. The number of carboxylic acids is 1. The molecule has 2 rings (SSSR count). The summed E-state index contributed by atoms with van der Waals surface area (Å²) in [5, 5.41) is 12.7. The van der Waals surface area contributed by atoms with E-state index < -0.39 is 11.9 Å². The topological polar surface area (TPSA) is 55.1 Å². The van der Waals surface area contributed by atoms with Crippen LogP contribution >= 0.6 is 0 Å². The number of hydrogen-bond donors (Lipinski definition) is 1. The lowest BCUT2D eigenvalue weighted by Crippen LogP contribution is -2.26. The van der Waals surface area contributed by atoms with Crippen molar-refractivity contribution in [3.05, 3.63) is 18.0 Å². The van der Waals surface area contributed by atoms with Crippen LogP contribution in [0.15, 0.2) is 12.4 Å². The Labute approximate surface area is 97.2 Å². The lowest BCUT2D eigenvalue weighted by molar-refractivity contribution is -0.136. The van der Waals surface area contributed by atoms with Gasteiger partial charge in [0, 0.05) is 24.6 Å². The molecule has 94 valence electrons. The second kappa shape index (κ2) is 4.43. The second-order valence-electron chi connectivity index (χ2n) is 4.49. The number of carbonyl (C=O) groups is 1. The van der Waals surface area contributed by atoms with E-state index in [-0.39, 0.29) is 25.3 Å². The molecule has 1 aromatic heterocycles. The van der Waals surface area contributed by atoms with E-state index in [1.807, 2.05) is 0 Å². The van der Waals surface area contributed by atoms with Crippen LogP contribution in [0.1, 0.15) is 37.3 Å². The Morgan fingerprint density at radius 2 is 2.18 bits per heavy atom. The van der Waals surface area contributed by atoms with Gasteiger partial charge in [0.25, 0.3) is 0 Å². The molecule has 0 saturated heterocycles. The molecule has 4 nitrogen and oxygen atoms in total. The maximum absolute atomic E-state index is 13.0. The first-order chi connectivity index (χ1) is 7.96. The van der Waals surface area contributed by atoms with Gasteiger partial charge in [0.05, 0.1) is 18.7 Å². The lowest BCUT2D eigenvalue weighted by Gasteiger charge is -2.28. The molecular formula is C11H14F2N2O2. The molecule has 0 amide bonds. The van der Waals surface area contributed by atoms with E-state index in [9.17, 15) is 13.6 Å². The van der Waals surface area contributed by atoms with Gasteiger partial charge in [-0.05, 0) is 12.8 Å². The van der Waals surface area contributed by atoms with Crippen molar-refractivity contribution in [3.63, 3.8) is 0 Å². The van der Waals surface area contributed by atoms with Gasteiger partial charge in [-0.2, -0.15) is 5.10 Å². The van der Waals surface area contributed by atoms with Crippen LogP contribution in [0.2, 0.25) is 0 Å². The highest BCUT2D eigenvalue weighted by atomic mass is 19.3. The normalized spacial score (nSPS) is 20.4.